The second-order valence-corrected chi connectivity index (χ2v) is 3.44. The number of amides is 1. The van der Waals surface area contributed by atoms with Gasteiger partial charge in [0.15, 0.2) is 0 Å². The predicted molar refractivity (Wildman–Crippen MR) is 52.7 cm³/mol. The minimum atomic E-state index is -0.820. The lowest BCUT2D eigenvalue weighted by Crippen LogP contribution is -2.36. The van der Waals surface area contributed by atoms with E-state index < -0.39 is 11.9 Å². The molecule has 0 aliphatic heterocycles. The van der Waals surface area contributed by atoms with Crippen LogP contribution < -0.4 is 11.1 Å². The molecular formula is C9H18N2O3. The second-order valence-electron chi connectivity index (χ2n) is 3.44. The van der Waals surface area contributed by atoms with E-state index in [0.717, 1.165) is 0 Å². The normalized spacial score (nSPS) is 14.7. The van der Waals surface area contributed by atoms with Gasteiger partial charge in [-0.2, -0.15) is 0 Å². The molecule has 2 unspecified atom stereocenters. The van der Waals surface area contributed by atoms with Gasteiger partial charge in [0.1, 0.15) is 0 Å². The molecule has 0 rings (SSSR count). The van der Waals surface area contributed by atoms with E-state index in [1.807, 2.05) is 6.92 Å². The van der Waals surface area contributed by atoms with Gasteiger partial charge in [-0.05, 0) is 19.9 Å². The predicted octanol–water partition coefficient (Wildman–Crippen LogP) is -0.0493. The summed E-state index contributed by atoms with van der Waals surface area (Å²) < 4.78 is 0. The number of hydrogen-bond acceptors (Lipinski definition) is 3. The summed E-state index contributed by atoms with van der Waals surface area (Å²) in [5, 5.41) is 11.7. The van der Waals surface area contributed by atoms with Crippen LogP contribution in [0.5, 0.6) is 0 Å². The van der Waals surface area contributed by atoms with E-state index in [1.54, 1.807) is 6.92 Å². The molecule has 2 atom stereocenters. The van der Waals surface area contributed by atoms with E-state index in [4.69, 9.17) is 10.8 Å². The standard InChI is InChI=1S/C9H18N2O3/c1-6(9(13)14)7(2)11-5-3-4-8(10)12/h6-7,11H,3-5H2,1-2H3,(H2,10,12)(H,13,14). The van der Waals surface area contributed by atoms with Crippen LogP contribution in [0.3, 0.4) is 0 Å². The van der Waals surface area contributed by atoms with Crippen LogP contribution in [0.25, 0.3) is 0 Å². The zero-order chi connectivity index (χ0) is 11.1. The number of nitrogens with two attached hydrogens (primary N) is 1. The molecule has 0 spiro atoms. The smallest absolute Gasteiger partial charge is 0.307 e. The van der Waals surface area contributed by atoms with E-state index in [1.165, 1.54) is 0 Å². The van der Waals surface area contributed by atoms with Crippen molar-refractivity contribution in [3.8, 4) is 0 Å². The molecule has 82 valence electrons. The molecule has 0 aromatic carbocycles. The van der Waals surface area contributed by atoms with Crippen molar-refractivity contribution in [3.63, 3.8) is 0 Å². The van der Waals surface area contributed by atoms with Gasteiger partial charge in [-0.1, -0.05) is 6.92 Å². The van der Waals surface area contributed by atoms with Crippen LogP contribution in [-0.2, 0) is 9.59 Å². The van der Waals surface area contributed by atoms with E-state index in [-0.39, 0.29) is 11.9 Å². The van der Waals surface area contributed by atoms with Gasteiger partial charge in [0.2, 0.25) is 5.91 Å². The topological polar surface area (TPSA) is 92.4 Å². The van der Waals surface area contributed by atoms with Gasteiger partial charge in [-0.25, -0.2) is 0 Å². The van der Waals surface area contributed by atoms with Crippen molar-refractivity contribution in [2.24, 2.45) is 11.7 Å². The maximum Gasteiger partial charge on any atom is 0.307 e. The summed E-state index contributed by atoms with van der Waals surface area (Å²) >= 11 is 0. The van der Waals surface area contributed by atoms with Gasteiger partial charge in [-0.3, -0.25) is 9.59 Å². The van der Waals surface area contributed by atoms with Crippen molar-refractivity contribution in [2.75, 3.05) is 6.54 Å². The number of carbonyl (C=O) groups is 2. The fourth-order valence-corrected chi connectivity index (χ4v) is 0.983. The van der Waals surface area contributed by atoms with Gasteiger partial charge in [0.25, 0.3) is 0 Å². The van der Waals surface area contributed by atoms with Crippen molar-refractivity contribution in [1.82, 2.24) is 5.32 Å². The van der Waals surface area contributed by atoms with Gasteiger partial charge in [0.05, 0.1) is 5.92 Å². The molecule has 4 N–H and O–H groups in total. The van der Waals surface area contributed by atoms with Gasteiger partial charge < -0.3 is 16.2 Å². The molecular weight excluding hydrogens is 184 g/mol. The summed E-state index contributed by atoms with van der Waals surface area (Å²) in [7, 11) is 0. The number of carboxylic acids is 1. The highest BCUT2D eigenvalue weighted by molar-refractivity contribution is 5.73. The maximum atomic E-state index is 10.6. The van der Waals surface area contributed by atoms with Crippen LogP contribution in [0.2, 0.25) is 0 Å². The van der Waals surface area contributed by atoms with Gasteiger partial charge >= 0.3 is 5.97 Å². The van der Waals surface area contributed by atoms with Crippen molar-refractivity contribution >= 4 is 11.9 Å². The summed E-state index contributed by atoms with van der Waals surface area (Å²) in [6.45, 7) is 4.07. The Morgan fingerprint density at radius 3 is 2.43 bits per heavy atom. The highest BCUT2D eigenvalue weighted by atomic mass is 16.4. The zero-order valence-corrected chi connectivity index (χ0v) is 8.62. The Morgan fingerprint density at radius 2 is 2.00 bits per heavy atom. The lowest BCUT2D eigenvalue weighted by Gasteiger charge is -2.17. The Labute approximate surface area is 83.7 Å². The van der Waals surface area contributed by atoms with E-state index in [2.05, 4.69) is 5.32 Å². The summed E-state index contributed by atoms with van der Waals surface area (Å²) in [6, 6.07) is -0.0969. The third-order valence-corrected chi connectivity index (χ3v) is 2.21. The van der Waals surface area contributed by atoms with Crippen LogP contribution in [-0.4, -0.2) is 29.6 Å². The highest BCUT2D eigenvalue weighted by Gasteiger charge is 2.18. The molecule has 0 heterocycles. The van der Waals surface area contributed by atoms with Crippen molar-refractivity contribution in [3.05, 3.63) is 0 Å². The Kier molecular flexibility index (Phi) is 5.87. The lowest BCUT2D eigenvalue weighted by atomic mass is 10.0. The minimum absolute atomic E-state index is 0.0969. The van der Waals surface area contributed by atoms with Gasteiger partial charge in [0, 0.05) is 12.5 Å². The number of carboxylic acid groups (broad SMARTS) is 1. The molecule has 0 saturated heterocycles. The fourth-order valence-electron chi connectivity index (χ4n) is 0.983. The number of carbonyl (C=O) groups excluding carboxylic acids is 1. The Bertz CT molecular complexity index is 206. The zero-order valence-electron chi connectivity index (χ0n) is 8.62. The van der Waals surface area contributed by atoms with Crippen LogP contribution in [0, 0.1) is 5.92 Å². The van der Waals surface area contributed by atoms with E-state index in [9.17, 15) is 9.59 Å². The molecule has 14 heavy (non-hydrogen) atoms. The largest absolute Gasteiger partial charge is 0.481 e. The Morgan fingerprint density at radius 1 is 1.43 bits per heavy atom. The highest BCUT2D eigenvalue weighted by Crippen LogP contribution is 2.02. The Hall–Kier alpha value is -1.10. The third-order valence-electron chi connectivity index (χ3n) is 2.21. The van der Waals surface area contributed by atoms with Crippen LogP contribution >= 0.6 is 0 Å². The molecule has 0 bridgehead atoms. The summed E-state index contributed by atoms with van der Waals surface area (Å²) in [4.78, 5) is 21.0. The van der Waals surface area contributed by atoms with Crippen LogP contribution in [0.1, 0.15) is 26.7 Å². The SMILES string of the molecule is CC(NCCCC(N)=O)C(C)C(=O)O. The Balaban J connectivity index is 3.58. The average molecular weight is 202 g/mol. The first-order valence-corrected chi connectivity index (χ1v) is 4.69. The summed E-state index contributed by atoms with van der Waals surface area (Å²) in [6.07, 6.45) is 0.979. The van der Waals surface area contributed by atoms with Crippen LogP contribution in [0.15, 0.2) is 0 Å². The quantitative estimate of drug-likeness (QED) is 0.505. The van der Waals surface area contributed by atoms with E-state index >= 15 is 0 Å². The molecule has 5 nitrogen and oxygen atoms in total. The monoisotopic (exact) mass is 202 g/mol. The third kappa shape index (κ3) is 5.53. The number of hydrogen-bond donors (Lipinski definition) is 3. The first kappa shape index (κ1) is 12.9. The molecule has 1 amide bonds. The van der Waals surface area contributed by atoms with Crippen molar-refractivity contribution < 1.29 is 14.7 Å². The minimum Gasteiger partial charge on any atom is -0.481 e. The molecule has 0 fully saturated rings. The molecule has 5 heteroatoms. The number of primary amides is 1. The van der Waals surface area contributed by atoms with Crippen LogP contribution in [0.4, 0.5) is 0 Å². The van der Waals surface area contributed by atoms with Crippen molar-refractivity contribution in [2.45, 2.75) is 32.7 Å². The maximum absolute atomic E-state index is 10.6. The molecule has 0 aliphatic carbocycles. The summed E-state index contributed by atoms with van der Waals surface area (Å²) in [5.41, 5.74) is 4.96. The average Bonchev–Trinajstić information content (AvgIpc) is 2.10. The molecule has 0 radical (unpaired) electrons. The molecule has 0 saturated carbocycles. The fraction of sp³-hybridized carbons (Fsp3) is 0.778. The first-order valence-electron chi connectivity index (χ1n) is 4.69. The lowest BCUT2D eigenvalue weighted by molar-refractivity contribution is -0.142. The molecule has 0 aliphatic rings. The number of aliphatic carboxylic acids is 1. The molecule has 0 aromatic rings. The number of rotatable bonds is 7. The van der Waals surface area contributed by atoms with Crippen molar-refractivity contribution in [1.29, 1.82) is 0 Å². The van der Waals surface area contributed by atoms with E-state index in [0.29, 0.717) is 19.4 Å². The summed E-state index contributed by atoms with van der Waals surface area (Å²) in [5.74, 6) is -1.57. The second kappa shape index (κ2) is 6.37. The first-order chi connectivity index (χ1) is 6.45. The van der Waals surface area contributed by atoms with Gasteiger partial charge in [-0.15, -0.1) is 0 Å². The number of nitrogens with one attached hydrogen (secondary N) is 1. The molecule has 0 aromatic heterocycles.